The number of aromatic amines is 1. The number of amides is 1. The Balaban J connectivity index is 1.28. The zero-order valence-electron chi connectivity index (χ0n) is 23.0. The second kappa shape index (κ2) is 9.45. The maximum absolute atomic E-state index is 13.5. The highest BCUT2D eigenvalue weighted by atomic mass is 16.1. The molecule has 4 aromatic rings. The molecule has 0 aliphatic carbocycles. The molecule has 3 atom stereocenters. The molecule has 39 heavy (non-hydrogen) atoms. The molecule has 1 aromatic carbocycles. The molecule has 2 aliphatic rings. The second-order valence-corrected chi connectivity index (χ2v) is 10.6. The Labute approximate surface area is 226 Å². The Bertz CT molecular complexity index is 1580. The summed E-state index contributed by atoms with van der Waals surface area (Å²) < 4.78 is 1.65. The van der Waals surface area contributed by atoms with Crippen LogP contribution in [0.5, 0.6) is 0 Å². The second-order valence-electron chi connectivity index (χ2n) is 10.6. The average molecular weight is 528 g/mol. The Morgan fingerprint density at radius 2 is 1.85 bits per heavy atom. The van der Waals surface area contributed by atoms with Crippen LogP contribution in [0.25, 0.3) is 22.2 Å². The molecule has 3 aromatic heterocycles. The van der Waals surface area contributed by atoms with Gasteiger partial charge >= 0.3 is 0 Å². The van der Waals surface area contributed by atoms with Crippen LogP contribution in [0.2, 0.25) is 0 Å². The number of rotatable bonds is 4. The summed E-state index contributed by atoms with van der Waals surface area (Å²) in [5, 5.41) is 23.7. The lowest BCUT2D eigenvalue weighted by atomic mass is 10.0. The monoisotopic (exact) mass is 527 g/mol. The van der Waals surface area contributed by atoms with Gasteiger partial charge in [-0.05, 0) is 75.5 Å². The number of fused-ring (bicyclic) bond motifs is 2. The Kier molecular flexibility index (Phi) is 6.06. The van der Waals surface area contributed by atoms with Crippen LogP contribution in [0.15, 0.2) is 47.8 Å². The van der Waals surface area contributed by atoms with Gasteiger partial charge in [-0.2, -0.15) is 5.10 Å². The third kappa shape index (κ3) is 4.20. The van der Waals surface area contributed by atoms with Gasteiger partial charge in [0, 0.05) is 60.8 Å². The summed E-state index contributed by atoms with van der Waals surface area (Å²) in [5.41, 5.74) is 4.79. The molecule has 0 spiro atoms. The molecule has 6 rings (SSSR count). The molecule has 0 unspecified atom stereocenters. The van der Waals surface area contributed by atoms with E-state index in [1.165, 1.54) is 0 Å². The number of allylic oxidation sites excluding steroid dienone is 1. The number of carbonyl (C=O) groups excluding carboxylic acids is 1. The van der Waals surface area contributed by atoms with Crippen molar-refractivity contribution in [3.8, 4) is 11.3 Å². The summed E-state index contributed by atoms with van der Waals surface area (Å²) >= 11 is 0. The van der Waals surface area contributed by atoms with E-state index in [9.17, 15) is 4.79 Å². The predicted molar refractivity (Wildman–Crippen MR) is 150 cm³/mol. The number of H-pyrrole nitrogens is 1. The van der Waals surface area contributed by atoms with Gasteiger partial charge in [-0.3, -0.25) is 14.8 Å². The molecular formula is C27H33N11O. The first kappa shape index (κ1) is 25.0. The third-order valence-electron chi connectivity index (χ3n) is 8.22. The predicted octanol–water partition coefficient (Wildman–Crippen LogP) is 3.06. The number of piperazine rings is 1. The van der Waals surface area contributed by atoms with E-state index in [4.69, 9.17) is 0 Å². The van der Waals surface area contributed by atoms with Gasteiger partial charge in [0.25, 0.3) is 5.91 Å². The molecule has 0 bridgehead atoms. The van der Waals surface area contributed by atoms with E-state index in [-0.39, 0.29) is 11.9 Å². The van der Waals surface area contributed by atoms with Crippen molar-refractivity contribution in [1.29, 1.82) is 0 Å². The number of likely N-dealkylation sites (N-methyl/N-ethyl adjacent to an activating group) is 1. The number of pyridine rings is 1. The van der Waals surface area contributed by atoms with Gasteiger partial charge in [-0.1, -0.05) is 5.10 Å². The molecule has 1 amide bonds. The minimum Gasteiger partial charge on any atom is -0.353 e. The van der Waals surface area contributed by atoms with E-state index >= 15 is 0 Å². The van der Waals surface area contributed by atoms with Crippen LogP contribution in [0, 0.1) is 0 Å². The number of hydrogen-bond acceptors (Lipinski definition) is 9. The standard InChI is InChI=1S/C27H33N11O/c1-15-13-37(14-16(2)35(15)5)23-11-19(9-10-28-23)25-21-12-20(7-8-22(21)30-31-25)29-26(39)24-17(3)36(6)27-32-33-34-38(27)18(24)4/h7-12,15-16,18H,13-14H2,1-6H3,(H,29,39)(H,30,31)/t15-,16+,18-/m0/s1. The van der Waals surface area contributed by atoms with E-state index < -0.39 is 0 Å². The van der Waals surface area contributed by atoms with Crippen LogP contribution in [0.1, 0.15) is 33.7 Å². The third-order valence-corrected chi connectivity index (χ3v) is 8.22. The zero-order valence-corrected chi connectivity index (χ0v) is 23.0. The number of nitrogens with one attached hydrogen (secondary N) is 2. The van der Waals surface area contributed by atoms with Gasteiger partial charge in [0.2, 0.25) is 5.95 Å². The Hall–Kier alpha value is -4.32. The maximum Gasteiger partial charge on any atom is 0.255 e. The fourth-order valence-corrected chi connectivity index (χ4v) is 5.61. The number of anilines is 3. The lowest BCUT2D eigenvalue weighted by Gasteiger charge is -2.43. The molecule has 2 aliphatic heterocycles. The van der Waals surface area contributed by atoms with Crippen LogP contribution in [0.3, 0.4) is 0 Å². The Morgan fingerprint density at radius 3 is 2.62 bits per heavy atom. The normalized spacial score (nSPS) is 21.9. The van der Waals surface area contributed by atoms with Crippen LogP contribution < -0.4 is 15.1 Å². The van der Waals surface area contributed by atoms with Crippen LogP contribution in [-0.4, -0.2) is 85.5 Å². The summed E-state index contributed by atoms with van der Waals surface area (Å²) in [7, 11) is 4.03. The molecule has 1 fully saturated rings. The molecule has 0 saturated carbocycles. The van der Waals surface area contributed by atoms with E-state index in [0.29, 0.717) is 29.3 Å². The number of hydrogen-bond donors (Lipinski definition) is 2. The molecular weight excluding hydrogens is 494 g/mol. The van der Waals surface area contributed by atoms with Crippen molar-refractivity contribution in [2.45, 2.75) is 45.8 Å². The molecule has 12 heteroatoms. The van der Waals surface area contributed by atoms with Gasteiger partial charge < -0.3 is 15.1 Å². The molecule has 2 N–H and O–H groups in total. The maximum atomic E-state index is 13.5. The average Bonchev–Trinajstić information content (AvgIpc) is 3.58. The van der Waals surface area contributed by atoms with E-state index in [0.717, 1.165) is 46.8 Å². The summed E-state index contributed by atoms with van der Waals surface area (Å²) in [6.45, 7) is 10.2. The highest BCUT2D eigenvalue weighted by Crippen LogP contribution is 2.34. The molecule has 5 heterocycles. The fraction of sp³-hybridized carbons (Fsp3) is 0.407. The minimum absolute atomic E-state index is 0.193. The van der Waals surface area contributed by atoms with Crippen LogP contribution in [0.4, 0.5) is 17.5 Å². The minimum atomic E-state index is -0.297. The van der Waals surface area contributed by atoms with Crippen molar-refractivity contribution in [1.82, 2.24) is 40.3 Å². The first-order chi connectivity index (χ1) is 18.7. The molecule has 1 saturated heterocycles. The zero-order chi connectivity index (χ0) is 27.4. The van der Waals surface area contributed by atoms with Gasteiger partial charge in [-0.25, -0.2) is 9.67 Å². The summed E-state index contributed by atoms with van der Waals surface area (Å²) in [5.74, 6) is 1.36. The SMILES string of the molecule is CC1=C(C(=O)Nc2ccc3[nH]nc(-c4ccnc(N5C[C@@H](C)N(C)[C@@H](C)C5)c4)c3c2)[C@H](C)n2nnnc2N1C. The van der Waals surface area contributed by atoms with Crippen molar-refractivity contribution < 1.29 is 4.79 Å². The summed E-state index contributed by atoms with van der Waals surface area (Å²) in [4.78, 5) is 24.7. The van der Waals surface area contributed by atoms with E-state index in [2.05, 4.69) is 72.8 Å². The van der Waals surface area contributed by atoms with Crippen molar-refractivity contribution >= 4 is 34.3 Å². The molecule has 202 valence electrons. The topological polar surface area (TPSA) is 124 Å². The molecule has 12 nitrogen and oxygen atoms in total. The quantitative estimate of drug-likeness (QED) is 0.412. The van der Waals surface area contributed by atoms with Crippen molar-refractivity contribution in [3.05, 3.63) is 47.8 Å². The first-order valence-electron chi connectivity index (χ1n) is 13.2. The smallest absolute Gasteiger partial charge is 0.255 e. The van der Waals surface area contributed by atoms with Gasteiger partial charge in [0.05, 0.1) is 17.1 Å². The number of tetrazole rings is 1. The highest BCUT2D eigenvalue weighted by Gasteiger charge is 2.33. The van der Waals surface area contributed by atoms with E-state index in [1.807, 2.05) is 56.3 Å². The molecule has 0 radical (unpaired) electrons. The number of carbonyl (C=O) groups is 1. The van der Waals surface area contributed by atoms with Crippen molar-refractivity contribution in [3.63, 3.8) is 0 Å². The van der Waals surface area contributed by atoms with Gasteiger partial charge in [0.15, 0.2) is 0 Å². The number of aromatic nitrogens is 7. The van der Waals surface area contributed by atoms with Crippen LogP contribution >= 0.6 is 0 Å². The van der Waals surface area contributed by atoms with Gasteiger partial charge in [0.1, 0.15) is 11.5 Å². The lowest BCUT2D eigenvalue weighted by molar-refractivity contribution is -0.113. The van der Waals surface area contributed by atoms with Gasteiger partial charge in [-0.15, -0.1) is 0 Å². The Morgan fingerprint density at radius 1 is 1.08 bits per heavy atom. The highest BCUT2D eigenvalue weighted by molar-refractivity contribution is 6.07. The number of nitrogens with zero attached hydrogens (tertiary/aromatic N) is 9. The van der Waals surface area contributed by atoms with E-state index in [1.54, 1.807) is 4.68 Å². The van der Waals surface area contributed by atoms with Crippen LogP contribution in [-0.2, 0) is 4.79 Å². The lowest BCUT2D eigenvalue weighted by Crippen LogP contribution is -2.55. The largest absolute Gasteiger partial charge is 0.353 e. The van der Waals surface area contributed by atoms with Crippen molar-refractivity contribution in [2.75, 3.05) is 42.3 Å². The summed E-state index contributed by atoms with van der Waals surface area (Å²) in [6.07, 6.45) is 1.84. The summed E-state index contributed by atoms with van der Waals surface area (Å²) in [6, 6.07) is 10.4. The number of benzene rings is 1. The van der Waals surface area contributed by atoms with Crippen molar-refractivity contribution in [2.24, 2.45) is 0 Å². The first-order valence-corrected chi connectivity index (χ1v) is 13.2. The fourth-order valence-electron chi connectivity index (χ4n) is 5.61.